The predicted octanol–water partition coefficient (Wildman–Crippen LogP) is 3.76. The number of aryl methyl sites for hydroxylation is 2. The summed E-state index contributed by atoms with van der Waals surface area (Å²) < 4.78 is 2.30. The third kappa shape index (κ3) is 2.89. The first-order chi connectivity index (χ1) is 10.3. The highest BCUT2D eigenvalue weighted by molar-refractivity contribution is 5.76. The number of hydrogen-bond donors (Lipinski definition) is 1. The summed E-state index contributed by atoms with van der Waals surface area (Å²) >= 11 is 0. The summed E-state index contributed by atoms with van der Waals surface area (Å²) in [4.78, 5) is 8.96. The van der Waals surface area contributed by atoms with Crippen LogP contribution in [0.1, 0.15) is 24.7 Å². The van der Waals surface area contributed by atoms with Crippen molar-refractivity contribution in [3.05, 3.63) is 54.1 Å². The van der Waals surface area contributed by atoms with E-state index in [4.69, 9.17) is 4.98 Å². The lowest BCUT2D eigenvalue weighted by atomic mass is 10.3. The molecule has 0 aliphatic rings. The number of anilines is 1. The molecule has 0 amide bonds. The van der Waals surface area contributed by atoms with Crippen LogP contribution in [0.15, 0.2) is 42.7 Å². The maximum Gasteiger partial charge on any atom is 0.129 e. The molecule has 2 heterocycles. The highest BCUT2D eigenvalue weighted by atomic mass is 15.1. The molecule has 21 heavy (non-hydrogen) atoms. The molecule has 3 aromatic rings. The Kier molecular flexibility index (Phi) is 3.86. The zero-order valence-corrected chi connectivity index (χ0v) is 12.5. The van der Waals surface area contributed by atoms with Crippen molar-refractivity contribution in [2.75, 3.05) is 5.32 Å². The molecule has 4 heteroatoms. The first kappa shape index (κ1) is 13.6. The Morgan fingerprint density at radius 2 is 2.05 bits per heavy atom. The van der Waals surface area contributed by atoms with Crippen molar-refractivity contribution in [3.63, 3.8) is 0 Å². The van der Waals surface area contributed by atoms with Crippen molar-refractivity contribution in [2.24, 2.45) is 0 Å². The van der Waals surface area contributed by atoms with Crippen LogP contribution in [0, 0.1) is 6.92 Å². The Balaban J connectivity index is 1.87. The van der Waals surface area contributed by atoms with Crippen LogP contribution in [-0.4, -0.2) is 14.5 Å². The summed E-state index contributed by atoms with van der Waals surface area (Å²) in [6.45, 7) is 5.93. The molecule has 0 unspecified atom stereocenters. The predicted molar refractivity (Wildman–Crippen MR) is 86.3 cm³/mol. The molecule has 1 aromatic carbocycles. The summed E-state index contributed by atoms with van der Waals surface area (Å²) in [5, 5.41) is 3.42. The second kappa shape index (κ2) is 5.95. The number of pyridine rings is 1. The van der Waals surface area contributed by atoms with E-state index in [2.05, 4.69) is 46.1 Å². The molecule has 2 aromatic heterocycles. The lowest BCUT2D eigenvalue weighted by Gasteiger charge is -2.10. The number of aromatic nitrogens is 3. The monoisotopic (exact) mass is 280 g/mol. The SMILES string of the molecule is CCCn1c(CNc2cncc(C)c2)nc2ccccc21. The van der Waals surface area contributed by atoms with Crippen LogP contribution in [0.5, 0.6) is 0 Å². The minimum atomic E-state index is 0.708. The molecule has 0 bridgehead atoms. The maximum atomic E-state index is 4.75. The molecular weight excluding hydrogens is 260 g/mol. The molecule has 3 rings (SSSR count). The van der Waals surface area contributed by atoms with Crippen LogP contribution in [-0.2, 0) is 13.1 Å². The van der Waals surface area contributed by atoms with Crippen LogP contribution >= 0.6 is 0 Å². The van der Waals surface area contributed by atoms with E-state index in [-0.39, 0.29) is 0 Å². The number of rotatable bonds is 5. The van der Waals surface area contributed by atoms with E-state index >= 15 is 0 Å². The van der Waals surface area contributed by atoms with E-state index in [0.29, 0.717) is 6.54 Å². The molecule has 0 saturated heterocycles. The van der Waals surface area contributed by atoms with E-state index in [1.54, 1.807) is 0 Å². The number of benzene rings is 1. The van der Waals surface area contributed by atoms with Gasteiger partial charge in [-0.15, -0.1) is 0 Å². The highest BCUT2D eigenvalue weighted by Crippen LogP contribution is 2.18. The van der Waals surface area contributed by atoms with Crippen molar-refractivity contribution >= 4 is 16.7 Å². The second-order valence-corrected chi connectivity index (χ2v) is 5.27. The van der Waals surface area contributed by atoms with Gasteiger partial charge < -0.3 is 9.88 Å². The van der Waals surface area contributed by atoms with Crippen LogP contribution in [0.25, 0.3) is 11.0 Å². The normalized spacial score (nSPS) is 11.0. The minimum absolute atomic E-state index is 0.708. The Hall–Kier alpha value is -2.36. The van der Waals surface area contributed by atoms with Gasteiger partial charge in [-0.3, -0.25) is 4.98 Å². The summed E-state index contributed by atoms with van der Waals surface area (Å²) in [5.41, 5.74) is 4.45. The molecule has 108 valence electrons. The summed E-state index contributed by atoms with van der Waals surface area (Å²) in [6.07, 6.45) is 4.80. The summed E-state index contributed by atoms with van der Waals surface area (Å²) in [6, 6.07) is 10.4. The molecular formula is C17H20N4. The molecule has 0 aliphatic carbocycles. The Morgan fingerprint density at radius 1 is 1.19 bits per heavy atom. The fourth-order valence-corrected chi connectivity index (χ4v) is 2.57. The van der Waals surface area contributed by atoms with E-state index in [1.807, 2.05) is 25.4 Å². The number of fused-ring (bicyclic) bond motifs is 1. The van der Waals surface area contributed by atoms with Crippen LogP contribution < -0.4 is 5.32 Å². The third-order valence-electron chi connectivity index (χ3n) is 3.51. The summed E-state index contributed by atoms with van der Waals surface area (Å²) in [7, 11) is 0. The third-order valence-corrected chi connectivity index (χ3v) is 3.51. The Morgan fingerprint density at radius 3 is 2.86 bits per heavy atom. The van der Waals surface area contributed by atoms with Gasteiger partial charge >= 0.3 is 0 Å². The lowest BCUT2D eigenvalue weighted by molar-refractivity contribution is 0.661. The highest BCUT2D eigenvalue weighted by Gasteiger charge is 2.09. The number of nitrogens with one attached hydrogen (secondary N) is 1. The van der Waals surface area contributed by atoms with Gasteiger partial charge in [0.2, 0.25) is 0 Å². The standard InChI is InChI=1S/C17H20N4/c1-3-8-21-16-7-5-4-6-15(16)20-17(21)12-19-14-9-13(2)10-18-11-14/h4-7,9-11,19H,3,8,12H2,1-2H3. The Bertz CT molecular complexity index is 745. The number of imidazole rings is 1. The van der Waals surface area contributed by atoms with E-state index in [0.717, 1.165) is 35.6 Å². The van der Waals surface area contributed by atoms with Crippen molar-refractivity contribution in [1.82, 2.24) is 14.5 Å². The molecule has 0 fully saturated rings. The van der Waals surface area contributed by atoms with Crippen LogP contribution in [0.4, 0.5) is 5.69 Å². The summed E-state index contributed by atoms with van der Waals surface area (Å²) in [5.74, 6) is 1.07. The van der Waals surface area contributed by atoms with Gasteiger partial charge in [-0.1, -0.05) is 19.1 Å². The number of nitrogens with zero attached hydrogens (tertiary/aromatic N) is 3. The molecule has 0 atom stereocenters. The van der Waals surface area contributed by atoms with Gasteiger partial charge in [-0.05, 0) is 37.1 Å². The Labute approximate surface area is 124 Å². The van der Waals surface area contributed by atoms with Gasteiger partial charge in [-0.25, -0.2) is 4.98 Å². The zero-order chi connectivity index (χ0) is 14.7. The van der Waals surface area contributed by atoms with Crippen LogP contribution in [0.2, 0.25) is 0 Å². The van der Waals surface area contributed by atoms with Crippen LogP contribution in [0.3, 0.4) is 0 Å². The molecule has 0 radical (unpaired) electrons. The van der Waals surface area contributed by atoms with Gasteiger partial charge in [0, 0.05) is 18.9 Å². The van der Waals surface area contributed by atoms with Gasteiger partial charge in [0.1, 0.15) is 5.82 Å². The van der Waals surface area contributed by atoms with Crippen molar-refractivity contribution in [3.8, 4) is 0 Å². The van der Waals surface area contributed by atoms with Gasteiger partial charge in [0.15, 0.2) is 0 Å². The fraction of sp³-hybridized carbons (Fsp3) is 0.294. The van der Waals surface area contributed by atoms with Gasteiger partial charge in [0.25, 0.3) is 0 Å². The lowest BCUT2D eigenvalue weighted by Crippen LogP contribution is -2.09. The molecule has 4 nitrogen and oxygen atoms in total. The van der Waals surface area contributed by atoms with Crippen molar-refractivity contribution in [2.45, 2.75) is 33.4 Å². The van der Waals surface area contributed by atoms with Gasteiger partial charge in [0.05, 0.1) is 23.3 Å². The minimum Gasteiger partial charge on any atom is -0.377 e. The largest absolute Gasteiger partial charge is 0.377 e. The second-order valence-electron chi connectivity index (χ2n) is 5.27. The van der Waals surface area contributed by atoms with Crippen molar-refractivity contribution in [1.29, 1.82) is 0 Å². The van der Waals surface area contributed by atoms with Crippen molar-refractivity contribution < 1.29 is 0 Å². The first-order valence-electron chi connectivity index (χ1n) is 7.37. The molecule has 0 saturated carbocycles. The quantitative estimate of drug-likeness (QED) is 0.773. The average Bonchev–Trinajstić information content (AvgIpc) is 2.84. The van der Waals surface area contributed by atoms with E-state index < -0.39 is 0 Å². The topological polar surface area (TPSA) is 42.7 Å². The van der Waals surface area contributed by atoms with Gasteiger partial charge in [-0.2, -0.15) is 0 Å². The smallest absolute Gasteiger partial charge is 0.129 e. The van der Waals surface area contributed by atoms with E-state index in [1.165, 1.54) is 5.52 Å². The molecule has 1 N–H and O–H groups in total. The average molecular weight is 280 g/mol. The molecule has 0 aliphatic heterocycles. The first-order valence-corrected chi connectivity index (χ1v) is 7.37. The fourth-order valence-electron chi connectivity index (χ4n) is 2.57. The number of hydrogen-bond acceptors (Lipinski definition) is 3. The molecule has 0 spiro atoms. The zero-order valence-electron chi connectivity index (χ0n) is 12.5. The maximum absolute atomic E-state index is 4.75. The van der Waals surface area contributed by atoms with E-state index in [9.17, 15) is 0 Å². The number of para-hydroxylation sites is 2.